The number of carboxylic acids is 1. The maximum Gasteiger partial charge on any atom is 0.304 e. The summed E-state index contributed by atoms with van der Waals surface area (Å²) in [7, 11) is 0. The van der Waals surface area contributed by atoms with Crippen LogP contribution >= 0.6 is 0 Å². The Morgan fingerprint density at radius 3 is 2.42 bits per heavy atom. The Bertz CT molecular complexity index is 457. The SMILES string of the molecule is Cc1nnc(N2CCN(CCC(=O)O)CC2)nc1C. The van der Waals surface area contributed by atoms with Crippen LogP contribution < -0.4 is 4.90 Å². The van der Waals surface area contributed by atoms with E-state index in [2.05, 4.69) is 25.0 Å². The summed E-state index contributed by atoms with van der Waals surface area (Å²) in [6.07, 6.45) is 0.196. The van der Waals surface area contributed by atoms with E-state index in [-0.39, 0.29) is 6.42 Å². The Labute approximate surface area is 112 Å². The fourth-order valence-corrected chi connectivity index (χ4v) is 2.00. The maximum absolute atomic E-state index is 10.5. The topological polar surface area (TPSA) is 82.5 Å². The van der Waals surface area contributed by atoms with E-state index in [0.29, 0.717) is 12.5 Å². The van der Waals surface area contributed by atoms with Crippen LogP contribution in [0.1, 0.15) is 17.8 Å². The molecule has 2 rings (SSSR count). The molecule has 1 aliphatic rings. The van der Waals surface area contributed by atoms with Gasteiger partial charge in [-0.05, 0) is 13.8 Å². The van der Waals surface area contributed by atoms with Gasteiger partial charge in [0.15, 0.2) is 0 Å². The van der Waals surface area contributed by atoms with Gasteiger partial charge in [-0.15, -0.1) is 5.10 Å². The summed E-state index contributed by atoms with van der Waals surface area (Å²) < 4.78 is 0. The van der Waals surface area contributed by atoms with E-state index in [9.17, 15) is 4.79 Å². The number of carboxylic acid groups (broad SMARTS) is 1. The highest BCUT2D eigenvalue weighted by molar-refractivity contribution is 5.66. The average molecular weight is 265 g/mol. The number of anilines is 1. The van der Waals surface area contributed by atoms with E-state index in [1.807, 2.05) is 13.8 Å². The monoisotopic (exact) mass is 265 g/mol. The van der Waals surface area contributed by atoms with Crippen molar-refractivity contribution in [3.8, 4) is 0 Å². The molecule has 7 nitrogen and oxygen atoms in total. The molecule has 19 heavy (non-hydrogen) atoms. The molecule has 0 amide bonds. The largest absolute Gasteiger partial charge is 0.481 e. The van der Waals surface area contributed by atoms with Crippen molar-refractivity contribution in [2.75, 3.05) is 37.6 Å². The third kappa shape index (κ3) is 3.60. The molecule has 0 unspecified atom stereocenters. The zero-order chi connectivity index (χ0) is 13.8. The molecule has 1 aromatic heterocycles. The summed E-state index contributed by atoms with van der Waals surface area (Å²) in [5, 5.41) is 16.9. The van der Waals surface area contributed by atoms with Gasteiger partial charge in [-0.1, -0.05) is 0 Å². The number of hydrogen-bond donors (Lipinski definition) is 1. The Kier molecular flexibility index (Phi) is 4.26. The van der Waals surface area contributed by atoms with E-state index in [0.717, 1.165) is 37.6 Å². The molecule has 1 fully saturated rings. The zero-order valence-corrected chi connectivity index (χ0v) is 11.3. The lowest BCUT2D eigenvalue weighted by atomic mass is 10.3. The minimum atomic E-state index is -0.746. The van der Waals surface area contributed by atoms with Crippen molar-refractivity contribution >= 4 is 11.9 Å². The van der Waals surface area contributed by atoms with Crippen molar-refractivity contribution in [3.63, 3.8) is 0 Å². The maximum atomic E-state index is 10.5. The lowest BCUT2D eigenvalue weighted by Crippen LogP contribution is -2.47. The smallest absolute Gasteiger partial charge is 0.304 e. The minimum absolute atomic E-state index is 0.196. The van der Waals surface area contributed by atoms with Gasteiger partial charge in [-0.25, -0.2) is 4.98 Å². The van der Waals surface area contributed by atoms with E-state index in [1.54, 1.807) is 0 Å². The molecule has 0 radical (unpaired) electrons. The Balaban J connectivity index is 1.88. The molecule has 0 aromatic carbocycles. The first-order valence-corrected chi connectivity index (χ1v) is 6.43. The molecular weight excluding hydrogens is 246 g/mol. The summed E-state index contributed by atoms with van der Waals surface area (Å²) in [4.78, 5) is 19.2. The highest BCUT2D eigenvalue weighted by atomic mass is 16.4. The number of aliphatic carboxylic acids is 1. The van der Waals surface area contributed by atoms with E-state index >= 15 is 0 Å². The van der Waals surface area contributed by atoms with Crippen LogP contribution in [0.3, 0.4) is 0 Å². The van der Waals surface area contributed by atoms with Gasteiger partial charge in [-0.3, -0.25) is 9.69 Å². The number of aromatic nitrogens is 3. The van der Waals surface area contributed by atoms with Crippen LogP contribution in [-0.2, 0) is 4.79 Å². The second-order valence-corrected chi connectivity index (χ2v) is 4.76. The number of piperazine rings is 1. The number of nitrogens with zero attached hydrogens (tertiary/aromatic N) is 5. The van der Waals surface area contributed by atoms with Crippen LogP contribution in [0.2, 0.25) is 0 Å². The number of rotatable bonds is 4. The van der Waals surface area contributed by atoms with Crippen molar-refractivity contribution < 1.29 is 9.90 Å². The van der Waals surface area contributed by atoms with Crippen LogP contribution in [-0.4, -0.2) is 63.9 Å². The van der Waals surface area contributed by atoms with Gasteiger partial charge in [0.1, 0.15) is 0 Å². The van der Waals surface area contributed by atoms with Gasteiger partial charge in [0.05, 0.1) is 17.8 Å². The van der Waals surface area contributed by atoms with E-state index < -0.39 is 5.97 Å². The molecule has 1 aromatic rings. The normalized spacial score (nSPS) is 16.6. The molecule has 104 valence electrons. The Morgan fingerprint density at radius 1 is 1.16 bits per heavy atom. The predicted molar refractivity (Wildman–Crippen MR) is 70.2 cm³/mol. The van der Waals surface area contributed by atoms with Gasteiger partial charge >= 0.3 is 5.97 Å². The van der Waals surface area contributed by atoms with E-state index in [1.165, 1.54) is 0 Å². The third-order valence-corrected chi connectivity index (χ3v) is 3.38. The standard InChI is InChI=1S/C12H19N5O2/c1-9-10(2)14-15-12(13-9)17-7-5-16(6-8-17)4-3-11(18)19/h3-8H2,1-2H3,(H,18,19). The molecule has 1 aliphatic heterocycles. The van der Waals surface area contributed by atoms with Crippen molar-refractivity contribution in [2.24, 2.45) is 0 Å². The van der Waals surface area contributed by atoms with Crippen molar-refractivity contribution in [2.45, 2.75) is 20.3 Å². The first-order valence-electron chi connectivity index (χ1n) is 6.43. The molecule has 0 saturated carbocycles. The second kappa shape index (κ2) is 5.92. The Hall–Kier alpha value is -1.76. The fraction of sp³-hybridized carbons (Fsp3) is 0.667. The summed E-state index contributed by atoms with van der Waals surface area (Å²) in [5.74, 6) is -0.0786. The molecular formula is C12H19N5O2. The molecule has 2 heterocycles. The summed E-state index contributed by atoms with van der Waals surface area (Å²) >= 11 is 0. The van der Waals surface area contributed by atoms with Crippen LogP contribution in [0, 0.1) is 13.8 Å². The number of carbonyl (C=O) groups is 1. The van der Waals surface area contributed by atoms with Gasteiger partial charge < -0.3 is 10.0 Å². The number of hydrogen-bond acceptors (Lipinski definition) is 6. The van der Waals surface area contributed by atoms with Crippen LogP contribution in [0.5, 0.6) is 0 Å². The fourth-order valence-electron chi connectivity index (χ4n) is 2.00. The first-order chi connectivity index (χ1) is 9.06. The lowest BCUT2D eigenvalue weighted by molar-refractivity contribution is -0.137. The van der Waals surface area contributed by atoms with E-state index in [4.69, 9.17) is 5.11 Å². The average Bonchev–Trinajstić information content (AvgIpc) is 2.40. The Morgan fingerprint density at radius 2 is 1.84 bits per heavy atom. The highest BCUT2D eigenvalue weighted by Gasteiger charge is 2.19. The first kappa shape index (κ1) is 13.7. The molecule has 0 bridgehead atoms. The van der Waals surface area contributed by atoms with Gasteiger partial charge in [-0.2, -0.15) is 5.10 Å². The second-order valence-electron chi connectivity index (χ2n) is 4.76. The quantitative estimate of drug-likeness (QED) is 0.825. The molecule has 0 spiro atoms. The van der Waals surface area contributed by atoms with Crippen LogP contribution in [0.4, 0.5) is 5.95 Å². The van der Waals surface area contributed by atoms with Crippen molar-refractivity contribution in [3.05, 3.63) is 11.4 Å². The minimum Gasteiger partial charge on any atom is -0.481 e. The molecule has 7 heteroatoms. The van der Waals surface area contributed by atoms with Crippen LogP contribution in [0.15, 0.2) is 0 Å². The predicted octanol–water partition coefficient (Wildman–Crippen LogP) is 0.0851. The van der Waals surface area contributed by atoms with Gasteiger partial charge in [0, 0.05) is 32.7 Å². The molecule has 0 atom stereocenters. The van der Waals surface area contributed by atoms with Gasteiger partial charge in [0.2, 0.25) is 5.95 Å². The van der Waals surface area contributed by atoms with Crippen LogP contribution in [0.25, 0.3) is 0 Å². The lowest BCUT2D eigenvalue weighted by Gasteiger charge is -2.34. The zero-order valence-electron chi connectivity index (χ0n) is 11.3. The summed E-state index contributed by atoms with van der Waals surface area (Å²) in [6, 6.07) is 0. The molecule has 1 saturated heterocycles. The summed E-state index contributed by atoms with van der Waals surface area (Å²) in [5.41, 5.74) is 1.75. The van der Waals surface area contributed by atoms with Crippen molar-refractivity contribution in [1.82, 2.24) is 20.1 Å². The van der Waals surface area contributed by atoms with Crippen molar-refractivity contribution in [1.29, 1.82) is 0 Å². The number of aryl methyl sites for hydroxylation is 2. The van der Waals surface area contributed by atoms with Gasteiger partial charge in [0.25, 0.3) is 0 Å². The third-order valence-electron chi connectivity index (χ3n) is 3.38. The summed E-state index contributed by atoms with van der Waals surface area (Å²) in [6.45, 7) is 7.72. The highest BCUT2D eigenvalue weighted by Crippen LogP contribution is 2.11. The molecule has 1 N–H and O–H groups in total. The molecule has 0 aliphatic carbocycles.